The molecule has 4 heterocycles. The summed E-state index contributed by atoms with van der Waals surface area (Å²) in [6, 6.07) is 8.04. The average Bonchev–Trinajstić information content (AvgIpc) is 3.77. The molecule has 0 spiro atoms. The number of cyclic esters (lactones) is 1. The molecule has 0 radical (unpaired) electrons. The number of nitrogens with one attached hydrogen (secondary N) is 3. The van der Waals surface area contributed by atoms with Crippen LogP contribution in [0.15, 0.2) is 48.5 Å². The summed E-state index contributed by atoms with van der Waals surface area (Å²) in [7, 11) is 0. The highest BCUT2D eigenvalue weighted by Crippen LogP contribution is 2.29. The summed E-state index contributed by atoms with van der Waals surface area (Å²) in [5.74, 6) is -4.36. The van der Waals surface area contributed by atoms with Gasteiger partial charge in [-0.2, -0.15) is 0 Å². The molecule has 2 aromatic carbocycles. The van der Waals surface area contributed by atoms with Crippen LogP contribution in [0.5, 0.6) is 0 Å². The van der Waals surface area contributed by atoms with Crippen LogP contribution in [0.3, 0.4) is 0 Å². The van der Waals surface area contributed by atoms with Crippen molar-refractivity contribution < 1.29 is 43.4 Å². The molecule has 0 saturated carbocycles. The molecule has 15 nitrogen and oxygen atoms in total. The number of esters is 1. The third-order valence-corrected chi connectivity index (χ3v) is 11.7. The lowest BCUT2D eigenvalue weighted by molar-refractivity contribution is -0.163. The van der Waals surface area contributed by atoms with Crippen LogP contribution in [-0.2, 0) is 51.1 Å². The van der Waals surface area contributed by atoms with Crippen molar-refractivity contribution in [2.75, 3.05) is 19.6 Å². The SMILES string of the molecule is Cc1cccc(CC(=O)N[C@@H](Cc2cccc(C)c2)C(=O)N[C@@H]2C(=O)N3C[C@H](O)C[C@H]3C(=O)N3CCCC[C@H]3C(=O)N[C@@H](C)C(=O)N3C[C@H](C)C[C@H]3C(=O)O[C@H]2C)c1. The highest BCUT2D eigenvalue weighted by atomic mass is 16.5. The van der Waals surface area contributed by atoms with Gasteiger partial charge < -0.3 is 40.5 Å². The summed E-state index contributed by atoms with van der Waals surface area (Å²) in [5.41, 5.74) is 3.41. The molecule has 0 aliphatic carbocycles. The number of carbonyl (C=O) groups is 7. The molecule has 0 aromatic heterocycles. The first-order chi connectivity index (χ1) is 27.6. The molecule has 4 aliphatic rings. The Morgan fingerprint density at radius 1 is 0.828 bits per heavy atom. The van der Waals surface area contributed by atoms with E-state index in [-0.39, 0.29) is 51.2 Å². The predicted octanol–water partition coefficient (Wildman–Crippen LogP) is 1.09. The van der Waals surface area contributed by atoms with Crippen molar-refractivity contribution in [1.82, 2.24) is 30.7 Å². The quantitative estimate of drug-likeness (QED) is 0.297. The van der Waals surface area contributed by atoms with Gasteiger partial charge in [0.1, 0.15) is 42.4 Å². The number of nitrogens with zero attached hydrogens (tertiary/aromatic N) is 3. The number of hydrogen-bond donors (Lipinski definition) is 4. The van der Waals surface area contributed by atoms with Gasteiger partial charge in [-0.05, 0) is 70.4 Å². The Hall–Kier alpha value is -5.31. The zero-order valence-electron chi connectivity index (χ0n) is 33.9. The Morgan fingerprint density at radius 2 is 1.50 bits per heavy atom. The number of piperidine rings is 1. The third kappa shape index (κ3) is 9.68. The van der Waals surface area contributed by atoms with E-state index >= 15 is 0 Å². The maximum Gasteiger partial charge on any atom is 0.329 e. The van der Waals surface area contributed by atoms with E-state index in [0.29, 0.717) is 19.3 Å². The number of aliphatic hydroxyl groups is 1. The molecule has 6 rings (SSSR count). The van der Waals surface area contributed by atoms with Crippen LogP contribution < -0.4 is 16.0 Å². The lowest BCUT2D eigenvalue weighted by Crippen LogP contribution is -2.63. The molecule has 2 aromatic rings. The van der Waals surface area contributed by atoms with Gasteiger partial charge in [-0.15, -0.1) is 0 Å². The molecule has 312 valence electrons. The van der Waals surface area contributed by atoms with Gasteiger partial charge in [0.2, 0.25) is 35.4 Å². The summed E-state index contributed by atoms with van der Waals surface area (Å²) in [5, 5.41) is 19.3. The van der Waals surface area contributed by atoms with Crippen molar-refractivity contribution in [3.63, 3.8) is 0 Å². The van der Waals surface area contributed by atoms with Gasteiger partial charge >= 0.3 is 5.97 Å². The van der Waals surface area contributed by atoms with E-state index < -0.39 is 89.9 Å². The molecule has 4 N–H and O–H groups in total. The molecule has 4 aliphatic heterocycles. The first-order valence-corrected chi connectivity index (χ1v) is 20.4. The number of aryl methyl sites for hydroxylation is 2. The average molecular weight is 801 g/mol. The van der Waals surface area contributed by atoms with Crippen molar-refractivity contribution >= 4 is 41.4 Å². The van der Waals surface area contributed by atoms with Crippen molar-refractivity contribution in [3.05, 3.63) is 70.8 Å². The molecular weight excluding hydrogens is 745 g/mol. The van der Waals surface area contributed by atoms with E-state index in [2.05, 4.69) is 16.0 Å². The molecule has 4 saturated heterocycles. The van der Waals surface area contributed by atoms with E-state index in [4.69, 9.17) is 4.74 Å². The molecular formula is C43H56N6O9. The number of ether oxygens (including phenoxy) is 1. The highest BCUT2D eigenvalue weighted by Gasteiger charge is 2.49. The summed E-state index contributed by atoms with van der Waals surface area (Å²) < 4.78 is 5.95. The minimum Gasteiger partial charge on any atom is -0.458 e. The minimum absolute atomic E-state index is 0.00568. The Bertz CT molecular complexity index is 1920. The zero-order valence-corrected chi connectivity index (χ0v) is 33.9. The Kier molecular flexibility index (Phi) is 13.2. The Labute approximate surface area is 339 Å². The van der Waals surface area contributed by atoms with Crippen LogP contribution in [0.25, 0.3) is 0 Å². The van der Waals surface area contributed by atoms with Crippen LogP contribution in [0.1, 0.15) is 75.1 Å². The normalized spacial score (nSPS) is 28.9. The van der Waals surface area contributed by atoms with E-state index in [0.717, 1.165) is 22.3 Å². The third-order valence-electron chi connectivity index (χ3n) is 11.7. The van der Waals surface area contributed by atoms with Gasteiger partial charge in [0.15, 0.2) is 0 Å². The Morgan fingerprint density at radius 3 is 2.21 bits per heavy atom. The second-order valence-electron chi connectivity index (χ2n) is 16.6. The first kappa shape index (κ1) is 42.3. The van der Waals surface area contributed by atoms with Crippen LogP contribution in [-0.4, -0.2) is 129 Å². The fourth-order valence-electron chi connectivity index (χ4n) is 8.76. The van der Waals surface area contributed by atoms with Gasteiger partial charge in [0, 0.05) is 32.5 Å². The van der Waals surface area contributed by atoms with Gasteiger partial charge in [-0.1, -0.05) is 66.6 Å². The standard InChI is InChI=1S/C43H56N6O9/c1-24-10-8-12-29(16-24)19-32(45-36(51)20-30-13-9-11-25(2)17-30)38(52)46-37-28(5)58-43(57)35-18-26(3)22-48(35)40(54)27(4)44-39(53)33-14-6-7-15-47(33)41(55)34-21-31(50)23-49(34)42(37)56/h8-13,16-17,26-28,31-35,37,50H,6-7,14-15,18-23H2,1-5H3,(H,44,53)(H,45,51)(H,46,52)/t26-,27+,28+,31-,32+,33+,34+,35+,37+/m1/s1. The van der Waals surface area contributed by atoms with E-state index in [1.165, 1.54) is 21.6 Å². The van der Waals surface area contributed by atoms with E-state index in [9.17, 15) is 38.7 Å². The topological polar surface area (TPSA) is 195 Å². The van der Waals surface area contributed by atoms with Crippen molar-refractivity contribution in [1.29, 1.82) is 0 Å². The Balaban J connectivity index is 1.35. The lowest BCUT2D eigenvalue weighted by atomic mass is 9.98. The highest BCUT2D eigenvalue weighted by molar-refractivity contribution is 5.98. The number of hydrogen-bond acceptors (Lipinski definition) is 9. The fraction of sp³-hybridized carbons (Fsp3) is 0.558. The molecule has 4 fully saturated rings. The summed E-state index contributed by atoms with van der Waals surface area (Å²) in [6.45, 7) is 8.92. The largest absolute Gasteiger partial charge is 0.458 e. The van der Waals surface area contributed by atoms with Gasteiger partial charge in [-0.3, -0.25) is 28.8 Å². The number of rotatable bonds is 7. The zero-order chi connectivity index (χ0) is 41.8. The van der Waals surface area contributed by atoms with Crippen LogP contribution >= 0.6 is 0 Å². The lowest BCUT2D eigenvalue weighted by Gasteiger charge is -2.39. The van der Waals surface area contributed by atoms with Gasteiger partial charge in [0.25, 0.3) is 0 Å². The molecule has 9 atom stereocenters. The number of amides is 6. The van der Waals surface area contributed by atoms with E-state index in [1.54, 1.807) is 6.92 Å². The van der Waals surface area contributed by atoms with E-state index in [1.807, 2.05) is 69.3 Å². The monoisotopic (exact) mass is 800 g/mol. The van der Waals surface area contributed by atoms with Crippen molar-refractivity contribution in [3.8, 4) is 0 Å². The molecule has 0 bridgehead atoms. The molecule has 6 amide bonds. The number of fused-ring (bicyclic) bond motifs is 3. The molecule has 0 unspecified atom stereocenters. The van der Waals surface area contributed by atoms with Gasteiger partial charge in [-0.25, -0.2) is 4.79 Å². The second kappa shape index (κ2) is 18.1. The summed E-state index contributed by atoms with van der Waals surface area (Å²) >= 11 is 0. The minimum atomic E-state index is -1.57. The molecule has 15 heteroatoms. The fourth-order valence-corrected chi connectivity index (χ4v) is 8.76. The first-order valence-electron chi connectivity index (χ1n) is 20.4. The van der Waals surface area contributed by atoms with Crippen LogP contribution in [0.4, 0.5) is 0 Å². The number of benzene rings is 2. The van der Waals surface area contributed by atoms with Crippen LogP contribution in [0.2, 0.25) is 0 Å². The maximum atomic E-state index is 14.8. The number of aliphatic hydroxyl groups excluding tert-OH is 1. The summed E-state index contributed by atoms with van der Waals surface area (Å²) in [4.78, 5) is 103. The summed E-state index contributed by atoms with van der Waals surface area (Å²) in [6.07, 6.45) is -0.566. The van der Waals surface area contributed by atoms with Crippen LogP contribution in [0, 0.1) is 19.8 Å². The smallest absolute Gasteiger partial charge is 0.329 e. The van der Waals surface area contributed by atoms with Crippen molar-refractivity contribution in [2.24, 2.45) is 5.92 Å². The maximum absolute atomic E-state index is 14.8. The second-order valence-corrected chi connectivity index (χ2v) is 16.6. The molecule has 58 heavy (non-hydrogen) atoms. The van der Waals surface area contributed by atoms with Crippen molar-refractivity contribution in [2.45, 2.75) is 128 Å². The van der Waals surface area contributed by atoms with Gasteiger partial charge in [0.05, 0.1) is 12.5 Å². The number of carbonyl (C=O) groups excluding carboxylic acids is 7. The predicted molar refractivity (Wildman–Crippen MR) is 212 cm³/mol.